The monoisotopic (exact) mass is 388 g/mol. The molecule has 0 aliphatic heterocycles. The lowest BCUT2D eigenvalue weighted by molar-refractivity contribution is -0.111. The number of rotatable bonds is 7. The van der Waals surface area contributed by atoms with Crippen LogP contribution in [-0.4, -0.2) is 25.0 Å². The predicted molar refractivity (Wildman–Crippen MR) is 106 cm³/mol. The molecule has 6 nitrogen and oxygen atoms in total. The van der Waals surface area contributed by atoms with Crippen LogP contribution in [0.3, 0.4) is 0 Å². The molecule has 0 aromatic heterocycles. The van der Waals surface area contributed by atoms with Crippen LogP contribution in [0.2, 0.25) is 5.02 Å². The van der Waals surface area contributed by atoms with Crippen molar-refractivity contribution in [3.8, 4) is 11.5 Å². The lowest BCUT2D eigenvalue weighted by atomic mass is 10.1. The molecule has 0 heterocycles. The maximum Gasteiger partial charge on any atom is 0.250 e. The summed E-state index contributed by atoms with van der Waals surface area (Å²) in [7, 11) is 1.51. The number of hydrogen-bond acceptors (Lipinski definition) is 4. The number of methoxy groups -OCH3 is 1. The van der Waals surface area contributed by atoms with Gasteiger partial charge in [0.25, 0.3) is 5.91 Å². The van der Waals surface area contributed by atoms with Crippen LogP contribution in [0.15, 0.2) is 42.5 Å². The van der Waals surface area contributed by atoms with Gasteiger partial charge in [-0.05, 0) is 49.8 Å². The predicted octanol–water partition coefficient (Wildman–Crippen LogP) is 3.89. The number of amides is 2. The summed E-state index contributed by atoms with van der Waals surface area (Å²) in [4.78, 5) is 23.6. The van der Waals surface area contributed by atoms with Crippen molar-refractivity contribution < 1.29 is 19.1 Å². The van der Waals surface area contributed by atoms with Crippen LogP contribution in [0, 0.1) is 0 Å². The summed E-state index contributed by atoms with van der Waals surface area (Å²) < 4.78 is 11.0. The first-order valence-corrected chi connectivity index (χ1v) is 8.61. The SMILES string of the molecule is COc1cc(/C=C/C(=O)Nc2ccccc2C(N)=O)cc(Cl)c1OC(C)C. The lowest BCUT2D eigenvalue weighted by Gasteiger charge is -2.15. The number of nitrogens with one attached hydrogen (secondary N) is 1. The van der Waals surface area contributed by atoms with E-state index in [1.54, 1.807) is 42.5 Å². The van der Waals surface area contributed by atoms with Gasteiger partial charge in [-0.1, -0.05) is 23.7 Å². The van der Waals surface area contributed by atoms with E-state index in [0.29, 0.717) is 27.8 Å². The number of anilines is 1. The van der Waals surface area contributed by atoms with Gasteiger partial charge in [-0.3, -0.25) is 9.59 Å². The van der Waals surface area contributed by atoms with Crippen molar-refractivity contribution in [1.29, 1.82) is 0 Å². The van der Waals surface area contributed by atoms with Crippen LogP contribution < -0.4 is 20.5 Å². The van der Waals surface area contributed by atoms with Gasteiger partial charge < -0.3 is 20.5 Å². The Hall–Kier alpha value is -2.99. The highest BCUT2D eigenvalue weighted by Gasteiger charge is 2.13. The van der Waals surface area contributed by atoms with Gasteiger partial charge in [0, 0.05) is 6.08 Å². The fraction of sp³-hybridized carbons (Fsp3) is 0.200. The van der Waals surface area contributed by atoms with Crippen molar-refractivity contribution in [2.24, 2.45) is 5.73 Å². The largest absolute Gasteiger partial charge is 0.493 e. The molecule has 2 amide bonds. The number of nitrogens with two attached hydrogens (primary N) is 1. The highest BCUT2D eigenvalue weighted by molar-refractivity contribution is 6.32. The molecule has 2 rings (SSSR count). The minimum atomic E-state index is -0.618. The van der Waals surface area contributed by atoms with Gasteiger partial charge in [-0.25, -0.2) is 0 Å². The zero-order valence-electron chi connectivity index (χ0n) is 15.3. The van der Waals surface area contributed by atoms with Crippen molar-refractivity contribution in [3.05, 3.63) is 58.6 Å². The van der Waals surface area contributed by atoms with Crippen LogP contribution in [0.1, 0.15) is 29.8 Å². The summed E-state index contributed by atoms with van der Waals surface area (Å²) >= 11 is 6.27. The fourth-order valence-corrected chi connectivity index (χ4v) is 2.60. The minimum Gasteiger partial charge on any atom is -0.493 e. The summed E-state index contributed by atoms with van der Waals surface area (Å²) in [6.45, 7) is 3.77. The Kier molecular flexibility index (Phi) is 6.85. The molecule has 7 heteroatoms. The Morgan fingerprint density at radius 3 is 2.56 bits per heavy atom. The third-order valence-corrected chi connectivity index (χ3v) is 3.76. The number of ether oxygens (including phenoxy) is 2. The standard InChI is InChI=1S/C20H21ClN2O4/c1-12(2)27-19-15(21)10-13(11-17(19)26-3)8-9-18(24)23-16-7-5-4-6-14(16)20(22)25/h4-12H,1-3H3,(H2,22,25)(H,23,24)/b9-8+. The van der Waals surface area contributed by atoms with E-state index >= 15 is 0 Å². The molecule has 2 aromatic carbocycles. The van der Waals surface area contributed by atoms with Crippen molar-refractivity contribution in [2.45, 2.75) is 20.0 Å². The highest BCUT2D eigenvalue weighted by atomic mass is 35.5. The average molecular weight is 389 g/mol. The molecule has 0 unspecified atom stereocenters. The number of carbonyl (C=O) groups is 2. The van der Waals surface area contributed by atoms with Gasteiger partial charge in [-0.15, -0.1) is 0 Å². The summed E-state index contributed by atoms with van der Waals surface area (Å²) in [5.41, 5.74) is 6.54. The molecule has 3 N–H and O–H groups in total. The number of halogens is 1. The fourth-order valence-electron chi connectivity index (χ4n) is 2.34. The van der Waals surface area contributed by atoms with Crippen molar-refractivity contribution in [1.82, 2.24) is 0 Å². The van der Waals surface area contributed by atoms with E-state index in [1.807, 2.05) is 13.8 Å². The zero-order valence-corrected chi connectivity index (χ0v) is 16.0. The Labute approximate surface area is 162 Å². The molecule has 0 aliphatic rings. The van der Waals surface area contributed by atoms with E-state index in [4.69, 9.17) is 26.8 Å². The second kappa shape index (κ2) is 9.09. The minimum absolute atomic E-state index is 0.0612. The molecule has 0 fully saturated rings. The Bertz CT molecular complexity index is 878. The number of benzene rings is 2. The second-order valence-electron chi connectivity index (χ2n) is 5.93. The molecule has 0 aliphatic carbocycles. The van der Waals surface area contributed by atoms with Crippen LogP contribution in [0.5, 0.6) is 11.5 Å². The van der Waals surface area contributed by atoms with Crippen molar-refractivity contribution in [3.63, 3.8) is 0 Å². The molecule has 142 valence electrons. The number of primary amides is 1. The van der Waals surface area contributed by atoms with Gasteiger partial charge in [0.2, 0.25) is 5.91 Å². The second-order valence-corrected chi connectivity index (χ2v) is 6.34. The summed E-state index contributed by atoms with van der Waals surface area (Å²) in [5, 5.41) is 3.00. The molecule has 0 saturated heterocycles. The van der Waals surface area contributed by atoms with Crippen molar-refractivity contribution >= 4 is 35.2 Å². The molecule has 0 bridgehead atoms. The van der Waals surface area contributed by atoms with E-state index in [-0.39, 0.29) is 11.7 Å². The summed E-state index contributed by atoms with van der Waals surface area (Å²) in [5.74, 6) is -0.116. The summed E-state index contributed by atoms with van der Waals surface area (Å²) in [6, 6.07) is 9.89. The molecule has 0 atom stereocenters. The lowest BCUT2D eigenvalue weighted by Crippen LogP contribution is -2.16. The maximum absolute atomic E-state index is 12.2. The number of hydrogen-bond donors (Lipinski definition) is 2. The van der Waals surface area contributed by atoms with Crippen LogP contribution >= 0.6 is 11.6 Å². The topological polar surface area (TPSA) is 90.6 Å². The maximum atomic E-state index is 12.2. The van der Waals surface area contributed by atoms with E-state index in [2.05, 4.69) is 5.32 Å². The third-order valence-electron chi connectivity index (χ3n) is 3.48. The van der Waals surface area contributed by atoms with Gasteiger partial charge in [0.1, 0.15) is 0 Å². The zero-order chi connectivity index (χ0) is 20.0. The van der Waals surface area contributed by atoms with Crippen molar-refractivity contribution in [2.75, 3.05) is 12.4 Å². The third kappa shape index (κ3) is 5.49. The van der Waals surface area contributed by atoms with Gasteiger partial charge in [-0.2, -0.15) is 0 Å². The first kappa shape index (κ1) is 20.3. The Morgan fingerprint density at radius 2 is 1.93 bits per heavy atom. The van der Waals surface area contributed by atoms with E-state index < -0.39 is 11.8 Å². The molecule has 27 heavy (non-hydrogen) atoms. The van der Waals surface area contributed by atoms with Gasteiger partial charge in [0.15, 0.2) is 11.5 Å². The molecule has 0 radical (unpaired) electrons. The Balaban J connectivity index is 2.19. The number of carbonyl (C=O) groups excluding carboxylic acids is 2. The average Bonchev–Trinajstić information content (AvgIpc) is 2.61. The number of para-hydroxylation sites is 1. The molecular weight excluding hydrogens is 368 g/mol. The normalized spacial score (nSPS) is 10.9. The van der Waals surface area contributed by atoms with Crippen LogP contribution in [-0.2, 0) is 4.79 Å². The molecule has 2 aromatic rings. The van der Waals surface area contributed by atoms with E-state index in [1.165, 1.54) is 13.2 Å². The van der Waals surface area contributed by atoms with E-state index in [9.17, 15) is 9.59 Å². The Morgan fingerprint density at radius 1 is 1.22 bits per heavy atom. The van der Waals surface area contributed by atoms with Crippen LogP contribution in [0.4, 0.5) is 5.69 Å². The molecule has 0 spiro atoms. The smallest absolute Gasteiger partial charge is 0.250 e. The van der Waals surface area contributed by atoms with Gasteiger partial charge >= 0.3 is 0 Å². The van der Waals surface area contributed by atoms with Crippen LogP contribution in [0.25, 0.3) is 6.08 Å². The first-order chi connectivity index (χ1) is 12.8. The van der Waals surface area contributed by atoms with Gasteiger partial charge in [0.05, 0.1) is 29.5 Å². The molecule has 0 saturated carbocycles. The summed E-state index contributed by atoms with van der Waals surface area (Å²) in [6.07, 6.45) is 2.84. The first-order valence-electron chi connectivity index (χ1n) is 8.24. The van der Waals surface area contributed by atoms with E-state index in [0.717, 1.165) is 0 Å². The highest BCUT2D eigenvalue weighted by Crippen LogP contribution is 2.37. The quantitative estimate of drug-likeness (QED) is 0.704. The molecular formula is C20H21ClN2O4.